The minimum Gasteiger partial charge on any atom is -0.469 e. The van der Waals surface area contributed by atoms with E-state index in [1.165, 1.54) is 7.11 Å². The van der Waals surface area contributed by atoms with Crippen molar-refractivity contribution >= 4 is 27.6 Å². The third-order valence-corrected chi connectivity index (χ3v) is 2.99. The first-order valence-corrected chi connectivity index (χ1v) is 6.01. The predicted octanol–water partition coefficient (Wildman–Crippen LogP) is 2.51. The Kier molecular flexibility index (Phi) is 4.62. The number of benzene rings is 1. The molecule has 1 aromatic carbocycles. The van der Waals surface area contributed by atoms with E-state index in [4.69, 9.17) is 0 Å². The first-order valence-electron chi connectivity index (χ1n) is 4.89. The van der Waals surface area contributed by atoms with Crippen molar-refractivity contribution in [1.29, 1.82) is 0 Å². The Labute approximate surface area is 107 Å². The van der Waals surface area contributed by atoms with Gasteiger partial charge in [-0.05, 0) is 24.6 Å². The number of aryl methyl sites for hydroxylation is 1. The van der Waals surface area contributed by atoms with Crippen molar-refractivity contribution < 1.29 is 14.5 Å². The van der Waals surface area contributed by atoms with E-state index >= 15 is 0 Å². The van der Waals surface area contributed by atoms with Crippen LogP contribution in [0, 0.1) is 17.0 Å². The molecule has 1 rings (SSSR count). The number of rotatable bonds is 4. The van der Waals surface area contributed by atoms with Gasteiger partial charge in [-0.15, -0.1) is 0 Å². The smallest absolute Gasteiger partial charge is 0.310 e. The molecule has 0 atom stereocenters. The number of alkyl halides is 1. The number of halogens is 1. The van der Waals surface area contributed by atoms with Crippen molar-refractivity contribution in [2.75, 3.05) is 7.11 Å². The summed E-state index contributed by atoms with van der Waals surface area (Å²) in [5, 5.41) is 11.5. The fraction of sp³-hybridized carbons (Fsp3) is 0.364. The van der Waals surface area contributed by atoms with Crippen LogP contribution in [-0.2, 0) is 21.3 Å². The molecular formula is C11H12BrNO4. The highest BCUT2D eigenvalue weighted by molar-refractivity contribution is 9.08. The largest absolute Gasteiger partial charge is 0.469 e. The Morgan fingerprint density at radius 3 is 2.65 bits per heavy atom. The molecule has 5 nitrogen and oxygen atoms in total. The third-order valence-electron chi connectivity index (χ3n) is 2.34. The highest BCUT2D eigenvalue weighted by Crippen LogP contribution is 2.26. The maximum atomic E-state index is 11.2. The Morgan fingerprint density at radius 2 is 2.18 bits per heavy atom. The lowest BCUT2D eigenvalue weighted by Crippen LogP contribution is -2.08. The van der Waals surface area contributed by atoms with E-state index in [9.17, 15) is 14.9 Å². The van der Waals surface area contributed by atoms with E-state index in [2.05, 4.69) is 20.7 Å². The quantitative estimate of drug-likeness (QED) is 0.371. The summed E-state index contributed by atoms with van der Waals surface area (Å²) in [6, 6.07) is 3.38. The van der Waals surface area contributed by atoms with Crippen LogP contribution in [0.3, 0.4) is 0 Å². The molecule has 0 aliphatic heterocycles. The summed E-state index contributed by atoms with van der Waals surface area (Å²) < 4.78 is 4.53. The number of esters is 1. The molecule has 0 unspecified atom stereocenters. The topological polar surface area (TPSA) is 69.4 Å². The van der Waals surface area contributed by atoms with Gasteiger partial charge in [0.1, 0.15) is 0 Å². The van der Waals surface area contributed by atoms with Gasteiger partial charge in [0.2, 0.25) is 0 Å². The summed E-state index contributed by atoms with van der Waals surface area (Å²) in [6.07, 6.45) is -0.0888. The number of hydrogen-bond acceptors (Lipinski definition) is 4. The number of carbonyl (C=O) groups excluding carboxylic acids is 1. The molecule has 0 fully saturated rings. The van der Waals surface area contributed by atoms with E-state index in [-0.39, 0.29) is 12.1 Å². The van der Waals surface area contributed by atoms with Gasteiger partial charge >= 0.3 is 5.97 Å². The van der Waals surface area contributed by atoms with E-state index in [0.717, 1.165) is 5.56 Å². The van der Waals surface area contributed by atoms with Crippen molar-refractivity contribution in [1.82, 2.24) is 0 Å². The van der Waals surface area contributed by atoms with Gasteiger partial charge in [0.25, 0.3) is 5.69 Å². The fourth-order valence-corrected chi connectivity index (χ4v) is 1.96. The third kappa shape index (κ3) is 3.26. The second kappa shape index (κ2) is 5.77. The molecule has 0 radical (unpaired) electrons. The first kappa shape index (κ1) is 13.6. The van der Waals surface area contributed by atoms with Crippen molar-refractivity contribution in [3.63, 3.8) is 0 Å². The summed E-state index contributed by atoms with van der Waals surface area (Å²) in [5.41, 5.74) is 1.81. The van der Waals surface area contributed by atoms with Crippen LogP contribution in [0.2, 0.25) is 0 Å². The second-order valence-corrected chi connectivity index (χ2v) is 4.12. The number of hydrogen-bond donors (Lipinski definition) is 0. The van der Waals surface area contributed by atoms with Gasteiger partial charge in [0.15, 0.2) is 0 Å². The molecule has 0 spiro atoms. The second-order valence-electron chi connectivity index (χ2n) is 3.56. The molecule has 0 saturated carbocycles. The van der Waals surface area contributed by atoms with Gasteiger partial charge in [0, 0.05) is 16.5 Å². The van der Waals surface area contributed by atoms with E-state index in [0.29, 0.717) is 16.5 Å². The highest BCUT2D eigenvalue weighted by atomic mass is 79.9. The average molecular weight is 302 g/mol. The number of nitro benzene ring substituents is 1. The molecule has 92 valence electrons. The van der Waals surface area contributed by atoms with Crippen LogP contribution in [-0.4, -0.2) is 18.0 Å². The van der Waals surface area contributed by atoms with Crippen molar-refractivity contribution in [2.24, 2.45) is 0 Å². The molecule has 17 heavy (non-hydrogen) atoms. The summed E-state index contributed by atoms with van der Waals surface area (Å²) in [6.45, 7) is 1.66. The predicted molar refractivity (Wildman–Crippen MR) is 66.2 cm³/mol. The van der Waals surface area contributed by atoms with E-state index in [1.54, 1.807) is 19.1 Å². The number of nitrogens with zero attached hydrogens (tertiary/aromatic N) is 1. The Bertz CT molecular complexity index is 459. The van der Waals surface area contributed by atoms with Crippen LogP contribution in [0.1, 0.15) is 16.7 Å². The minimum atomic E-state index is -0.487. The van der Waals surface area contributed by atoms with Crippen LogP contribution < -0.4 is 0 Å². The molecule has 1 aromatic rings. The molecule has 6 heteroatoms. The molecule has 0 aliphatic rings. The Morgan fingerprint density at radius 1 is 1.53 bits per heavy atom. The lowest BCUT2D eigenvalue weighted by molar-refractivity contribution is -0.386. The summed E-state index contributed by atoms with van der Waals surface area (Å²) >= 11 is 3.28. The van der Waals surface area contributed by atoms with Crippen LogP contribution in [0.15, 0.2) is 12.1 Å². The maximum absolute atomic E-state index is 11.2. The fourth-order valence-electron chi connectivity index (χ4n) is 1.63. The zero-order chi connectivity index (χ0) is 13.0. The number of carbonyl (C=O) groups is 1. The van der Waals surface area contributed by atoms with Crippen LogP contribution in [0.25, 0.3) is 0 Å². The Balaban J connectivity index is 3.27. The van der Waals surface area contributed by atoms with Crippen molar-refractivity contribution in [3.8, 4) is 0 Å². The SMILES string of the molecule is COC(=O)Cc1cc(CBr)cc(C)c1[N+](=O)[O-]. The molecule has 0 heterocycles. The summed E-state index contributed by atoms with van der Waals surface area (Å²) in [7, 11) is 1.26. The van der Waals surface area contributed by atoms with Gasteiger partial charge in [0.05, 0.1) is 18.5 Å². The monoisotopic (exact) mass is 301 g/mol. The minimum absolute atomic E-state index is 0.0138. The molecule has 0 N–H and O–H groups in total. The summed E-state index contributed by atoms with van der Waals surface area (Å²) in [5.74, 6) is -0.487. The van der Waals surface area contributed by atoms with Crippen LogP contribution in [0.5, 0.6) is 0 Å². The van der Waals surface area contributed by atoms with Crippen LogP contribution in [0.4, 0.5) is 5.69 Å². The molecule has 0 aromatic heterocycles. The zero-order valence-electron chi connectivity index (χ0n) is 9.53. The molecule has 0 bridgehead atoms. The van der Waals surface area contributed by atoms with Gasteiger partial charge in [-0.25, -0.2) is 0 Å². The first-order chi connectivity index (χ1) is 7.99. The van der Waals surface area contributed by atoms with Crippen molar-refractivity contribution in [2.45, 2.75) is 18.7 Å². The molecule has 0 amide bonds. The van der Waals surface area contributed by atoms with Gasteiger partial charge in [-0.3, -0.25) is 14.9 Å². The van der Waals surface area contributed by atoms with Crippen molar-refractivity contribution in [3.05, 3.63) is 38.9 Å². The standard InChI is InChI=1S/C11H12BrNO4/c1-7-3-8(6-12)4-9(5-10(14)17-2)11(7)13(15)16/h3-4H,5-6H2,1-2H3. The molecule has 0 aliphatic carbocycles. The normalized spacial score (nSPS) is 10.1. The Hall–Kier alpha value is -1.43. The average Bonchev–Trinajstić information content (AvgIpc) is 2.27. The van der Waals surface area contributed by atoms with E-state index in [1.807, 2.05) is 0 Å². The van der Waals surface area contributed by atoms with Gasteiger partial charge in [-0.2, -0.15) is 0 Å². The zero-order valence-corrected chi connectivity index (χ0v) is 11.1. The van der Waals surface area contributed by atoms with Crippen LogP contribution >= 0.6 is 15.9 Å². The maximum Gasteiger partial charge on any atom is 0.310 e. The van der Waals surface area contributed by atoms with Gasteiger partial charge in [-0.1, -0.05) is 15.9 Å². The van der Waals surface area contributed by atoms with Gasteiger partial charge < -0.3 is 4.74 Å². The summed E-state index contributed by atoms with van der Waals surface area (Å²) in [4.78, 5) is 21.7. The molecular weight excluding hydrogens is 290 g/mol. The molecule has 0 saturated heterocycles. The van der Waals surface area contributed by atoms with E-state index < -0.39 is 10.9 Å². The highest BCUT2D eigenvalue weighted by Gasteiger charge is 2.20. The lowest BCUT2D eigenvalue weighted by Gasteiger charge is -2.07. The lowest BCUT2D eigenvalue weighted by atomic mass is 10.0. The number of ether oxygens (including phenoxy) is 1. The number of methoxy groups -OCH3 is 1. The number of nitro groups is 1.